The number of hydrogen-bond acceptors (Lipinski definition) is 3. The van der Waals surface area contributed by atoms with Crippen LogP contribution in [0.3, 0.4) is 0 Å². The Labute approximate surface area is 101 Å². The normalized spacial score (nSPS) is 19.1. The molecule has 1 saturated carbocycles. The molecule has 0 aromatic carbocycles. The molecule has 1 unspecified atom stereocenters. The Balaban J connectivity index is 2.27. The van der Waals surface area contributed by atoms with Gasteiger partial charge in [0.25, 0.3) is 0 Å². The summed E-state index contributed by atoms with van der Waals surface area (Å²) in [5, 5.41) is 3.50. The molecule has 1 atom stereocenters. The minimum atomic E-state index is 0.507. The van der Waals surface area contributed by atoms with E-state index in [1.54, 1.807) is 7.11 Å². The molecule has 3 heteroatoms. The van der Waals surface area contributed by atoms with Crippen molar-refractivity contribution in [1.29, 1.82) is 0 Å². The molecule has 1 aliphatic rings. The van der Waals surface area contributed by atoms with E-state index in [1.807, 2.05) is 0 Å². The van der Waals surface area contributed by atoms with Crippen LogP contribution in [0.2, 0.25) is 0 Å². The Morgan fingerprint density at radius 2 is 2.06 bits per heavy atom. The number of methoxy groups -OCH3 is 1. The fourth-order valence-electron chi connectivity index (χ4n) is 2.14. The lowest BCUT2D eigenvalue weighted by molar-refractivity contribution is 0.0831. The topological polar surface area (TPSA) is 24.5 Å². The van der Waals surface area contributed by atoms with Crippen LogP contribution in [0.25, 0.3) is 0 Å². The highest BCUT2D eigenvalue weighted by molar-refractivity contribution is 4.78. The van der Waals surface area contributed by atoms with E-state index in [4.69, 9.17) is 4.74 Å². The molecule has 0 aromatic heterocycles. The quantitative estimate of drug-likeness (QED) is 0.685. The predicted octanol–water partition coefficient (Wildman–Crippen LogP) is 1.73. The maximum Gasteiger partial charge on any atom is 0.0630 e. The van der Waals surface area contributed by atoms with Crippen molar-refractivity contribution in [2.75, 3.05) is 33.9 Å². The van der Waals surface area contributed by atoms with Crippen LogP contribution < -0.4 is 5.32 Å². The van der Waals surface area contributed by atoms with E-state index in [2.05, 4.69) is 31.1 Å². The van der Waals surface area contributed by atoms with E-state index >= 15 is 0 Å². The third-order valence-electron chi connectivity index (χ3n) is 3.52. The third kappa shape index (κ3) is 4.81. The molecule has 0 spiro atoms. The van der Waals surface area contributed by atoms with Gasteiger partial charge < -0.3 is 10.1 Å². The molecule has 1 fully saturated rings. The van der Waals surface area contributed by atoms with E-state index in [0.29, 0.717) is 12.1 Å². The Hall–Kier alpha value is -0.120. The first-order valence-corrected chi connectivity index (χ1v) is 6.56. The minimum Gasteiger partial charge on any atom is -0.383 e. The van der Waals surface area contributed by atoms with Crippen LogP contribution in [0, 0.1) is 5.92 Å². The highest BCUT2D eigenvalue weighted by Gasteiger charge is 2.23. The van der Waals surface area contributed by atoms with Gasteiger partial charge in [0.15, 0.2) is 0 Å². The van der Waals surface area contributed by atoms with Gasteiger partial charge in [0.1, 0.15) is 0 Å². The molecule has 0 aliphatic heterocycles. The van der Waals surface area contributed by atoms with Crippen molar-refractivity contribution in [3.05, 3.63) is 0 Å². The Morgan fingerprint density at radius 1 is 1.38 bits per heavy atom. The molecule has 0 saturated heterocycles. The van der Waals surface area contributed by atoms with E-state index < -0.39 is 0 Å². The summed E-state index contributed by atoms with van der Waals surface area (Å²) >= 11 is 0. The van der Waals surface area contributed by atoms with Gasteiger partial charge in [0.2, 0.25) is 0 Å². The van der Waals surface area contributed by atoms with Crippen molar-refractivity contribution < 1.29 is 4.74 Å². The van der Waals surface area contributed by atoms with Crippen LogP contribution in [0.4, 0.5) is 0 Å². The fraction of sp³-hybridized carbons (Fsp3) is 1.00. The summed E-state index contributed by atoms with van der Waals surface area (Å²) in [6.45, 7) is 7.46. The van der Waals surface area contributed by atoms with Crippen LogP contribution in [0.1, 0.15) is 33.1 Å². The Kier molecular flexibility index (Phi) is 6.32. The Morgan fingerprint density at radius 3 is 2.50 bits per heavy atom. The first-order chi connectivity index (χ1) is 7.63. The van der Waals surface area contributed by atoms with Crippen LogP contribution >= 0.6 is 0 Å². The first kappa shape index (κ1) is 13.9. The minimum absolute atomic E-state index is 0.507. The van der Waals surface area contributed by atoms with Crippen molar-refractivity contribution in [2.45, 2.75) is 45.2 Å². The molecule has 16 heavy (non-hydrogen) atoms. The van der Waals surface area contributed by atoms with Crippen molar-refractivity contribution in [1.82, 2.24) is 10.2 Å². The van der Waals surface area contributed by atoms with Crippen molar-refractivity contribution >= 4 is 0 Å². The second kappa shape index (κ2) is 7.25. The standard InChI is InChI=1S/C13H28N2O/c1-11(2)14-8-13(10-16-4)15(3)9-12-6-5-7-12/h11-14H,5-10H2,1-4H3. The third-order valence-corrected chi connectivity index (χ3v) is 3.52. The molecular formula is C13H28N2O. The average Bonchev–Trinajstić information content (AvgIpc) is 2.17. The van der Waals surface area contributed by atoms with Gasteiger partial charge in [-0.3, -0.25) is 4.90 Å². The average molecular weight is 228 g/mol. The van der Waals surface area contributed by atoms with Gasteiger partial charge in [-0.05, 0) is 25.8 Å². The summed E-state index contributed by atoms with van der Waals surface area (Å²) < 4.78 is 5.31. The molecule has 0 amide bonds. The van der Waals surface area contributed by atoms with Crippen molar-refractivity contribution in [3.8, 4) is 0 Å². The second-order valence-corrected chi connectivity index (χ2v) is 5.41. The number of nitrogens with one attached hydrogen (secondary N) is 1. The lowest BCUT2D eigenvalue weighted by Crippen LogP contribution is -2.47. The van der Waals surface area contributed by atoms with Gasteiger partial charge in [-0.1, -0.05) is 20.3 Å². The molecule has 96 valence electrons. The molecule has 0 aromatic rings. The van der Waals surface area contributed by atoms with E-state index in [0.717, 1.165) is 19.1 Å². The van der Waals surface area contributed by atoms with Crippen molar-refractivity contribution in [2.24, 2.45) is 5.92 Å². The summed E-state index contributed by atoms with van der Waals surface area (Å²) in [7, 11) is 4.02. The van der Waals surface area contributed by atoms with Crippen LogP contribution in [0.15, 0.2) is 0 Å². The van der Waals surface area contributed by atoms with E-state index in [1.165, 1.54) is 25.8 Å². The molecule has 0 bridgehead atoms. The molecule has 0 heterocycles. The van der Waals surface area contributed by atoms with Gasteiger partial charge >= 0.3 is 0 Å². The number of nitrogens with zero attached hydrogens (tertiary/aromatic N) is 1. The number of rotatable bonds is 8. The molecule has 3 nitrogen and oxygen atoms in total. The maximum absolute atomic E-state index is 5.31. The summed E-state index contributed by atoms with van der Waals surface area (Å²) in [5.41, 5.74) is 0. The molecule has 1 N–H and O–H groups in total. The van der Waals surface area contributed by atoms with Crippen LogP contribution in [-0.2, 0) is 4.74 Å². The summed E-state index contributed by atoms with van der Waals surface area (Å²) in [6.07, 6.45) is 4.26. The highest BCUT2D eigenvalue weighted by atomic mass is 16.5. The summed E-state index contributed by atoms with van der Waals surface area (Å²) in [6, 6.07) is 1.06. The molecule has 1 rings (SSSR count). The molecule has 0 radical (unpaired) electrons. The summed E-state index contributed by atoms with van der Waals surface area (Å²) in [4.78, 5) is 2.46. The molecular weight excluding hydrogens is 200 g/mol. The van der Waals surface area contributed by atoms with Gasteiger partial charge in [-0.25, -0.2) is 0 Å². The smallest absolute Gasteiger partial charge is 0.0630 e. The monoisotopic (exact) mass is 228 g/mol. The zero-order valence-electron chi connectivity index (χ0n) is 11.3. The Bertz CT molecular complexity index is 181. The van der Waals surface area contributed by atoms with E-state index in [-0.39, 0.29) is 0 Å². The summed E-state index contributed by atoms with van der Waals surface area (Å²) in [5.74, 6) is 0.934. The first-order valence-electron chi connectivity index (χ1n) is 6.56. The van der Waals surface area contributed by atoms with Gasteiger partial charge in [0, 0.05) is 32.3 Å². The highest BCUT2D eigenvalue weighted by Crippen LogP contribution is 2.27. The maximum atomic E-state index is 5.31. The SMILES string of the molecule is COCC(CNC(C)C)N(C)CC1CCC1. The fourth-order valence-corrected chi connectivity index (χ4v) is 2.14. The van der Waals surface area contributed by atoms with Crippen LogP contribution in [0.5, 0.6) is 0 Å². The number of likely N-dealkylation sites (N-methyl/N-ethyl adjacent to an activating group) is 1. The van der Waals surface area contributed by atoms with E-state index in [9.17, 15) is 0 Å². The zero-order valence-corrected chi connectivity index (χ0v) is 11.3. The van der Waals surface area contributed by atoms with Gasteiger partial charge in [-0.15, -0.1) is 0 Å². The number of ether oxygens (including phenoxy) is 1. The van der Waals surface area contributed by atoms with Gasteiger partial charge in [-0.2, -0.15) is 0 Å². The largest absolute Gasteiger partial charge is 0.383 e. The molecule has 1 aliphatic carbocycles. The lowest BCUT2D eigenvalue weighted by Gasteiger charge is -2.35. The van der Waals surface area contributed by atoms with Gasteiger partial charge in [0.05, 0.1) is 6.61 Å². The van der Waals surface area contributed by atoms with Crippen LogP contribution in [-0.4, -0.2) is 50.8 Å². The number of hydrogen-bond donors (Lipinski definition) is 1. The predicted molar refractivity (Wildman–Crippen MR) is 68.8 cm³/mol. The van der Waals surface area contributed by atoms with Crippen molar-refractivity contribution in [3.63, 3.8) is 0 Å². The lowest BCUT2D eigenvalue weighted by atomic mass is 9.85. The zero-order chi connectivity index (χ0) is 12.0. The second-order valence-electron chi connectivity index (χ2n) is 5.41.